The van der Waals surface area contributed by atoms with Crippen LogP contribution >= 0.6 is 11.3 Å². The molecule has 0 aliphatic carbocycles. The highest BCUT2D eigenvalue weighted by atomic mass is 32.1. The molecule has 0 amide bonds. The number of benzene rings is 2. The summed E-state index contributed by atoms with van der Waals surface area (Å²) < 4.78 is 11.5. The summed E-state index contributed by atoms with van der Waals surface area (Å²) in [6.45, 7) is 0.541. The number of hydrogen-bond donors (Lipinski definition) is 1. The maximum Gasteiger partial charge on any atom is 0.312 e. The highest BCUT2D eigenvalue weighted by molar-refractivity contribution is 7.10. The fraction of sp³-hybridized carbons (Fsp3) is 0.261. The highest BCUT2D eigenvalue weighted by Gasteiger charge is 2.24. The number of hydrogen-bond acceptors (Lipinski definition) is 4. The Morgan fingerprint density at radius 3 is 2.57 bits per heavy atom. The summed E-state index contributed by atoms with van der Waals surface area (Å²) in [5, 5.41) is 11.6. The van der Waals surface area contributed by atoms with Crippen molar-refractivity contribution < 1.29 is 19.4 Å². The first-order chi connectivity index (χ1) is 13.7. The third-order valence-electron chi connectivity index (χ3n) is 4.59. The van der Waals surface area contributed by atoms with E-state index < -0.39 is 11.9 Å². The van der Waals surface area contributed by atoms with Gasteiger partial charge in [0.25, 0.3) is 0 Å². The number of aryl methyl sites for hydroxylation is 1. The van der Waals surface area contributed by atoms with Crippen LogP contribution in [0.2, 0.25) is 0 Å². The normalized spacial score (nSPS) is 11.8. The molecule has 4 nitrogen and oxygen atoms in total. The van der Waals surface area contributed by atoms with Gasteiger partial charge in [-0.3, -0.25) is 4.79 Å². The maximum absolute atomic E-state index is 11.8. The molecule has 0 bridgehead atoms. The molecule has 1 aromatic heterocycles. The lowest BCUT2D eigenvalue weighted by Gasteiger charge is -2.17. The molecule has 1 unspecified atom stereocenters. The number of thiophene rings is 1. The van der Waals surface area contributed by atoms with Crippen molar-refractivity contribution in [1.82, 2.24) is 0 Å². The maximum atomic E-state index is 11.8. The first-order valence-electron chi connectivity index (χ1n) is 9.28. The van der Waals surface area contributed by atoms with Gasteiger partial charge in [-0.25, -0.2) is 0 Å². The second-order valence-corrected chi connectivity index (χ2v) is 7.48. The smallest absolute Gasteiger partial charge is 0.312 e. The third-order valence-corrected chi connectivity index (χ3v) is 5.57. The van der Waals surface area contributed by atoms with Crippen LogP contribution in [0.15, 0.2) is 66.0 Å². The van der Waals surface area contributed by atoms with E-state index >= 15 is 0 Å². The summed E-state index contributed by atoms with van der Waals surface area (Å²) in [6, 6.07) is 19.7. The van der Waals surface area contributed by atoms with Crippen LogP contribution in [0.5, 0.6) is 11.5 Å². The van der Waals surface area contributed by atoms with Crippen LogP contribution in [-0.4, -0.2) is 24.8 Å². The molecule has 1 N–H and O–H groups in total. The Labute approximate surface area is 169 Å². The number of carboxylic acids is 1. The number of methoxy groups -OCH3 is 1. The van der Waals surface area contributed by atoms with E-state index in [2.05, 4.69) is 12.1 Å². The molecule has 0 radical (unpaired) electrons. The molecule has 3 rings (SSSR count). The summed E-state index contributed by atoms with van der Waals surface area (Å²) in [4.78, 5) is 12.7. The Kier molecular flexibility index (Phi) is 7.09. The summed E-state index contributed by atoms with van der Waals surface area (Å²) in [7, 11) is 1.60. The number of carboxylic acid groups (broad SMARTS) is 1. The van der Waals surface area contributed by atoms with Crippen LogP contribution in [0.1, 0.15) is 28.3 Å². The molecule has 5 heteroatoms. The lowest BCUT2D eigenvalue weighted by atomic mass is 9.97. The molecule has 3 aromatic rings. The minimum Gasteiger partial charge on any atom is -0.493 e. The molecule has 28 heavy (non-hydrogen) atoms. The summed E-state index contributed by atoms with van der Waals surface area (Å²) in [5.41, 5.74) is 2.12. The Balaban J connectivity index is 1.71. The number of rotatable bonds is 10. The lowest BCUT2D eigenvalue weighted by molar-refractivity contribution is -0.138. The minimum atomic E-state index is -0.833. The van der Waals surface area contributed by atoms with E-state index in [0.29, 0.717) is 24.5 Å². The van der Waals surface area contributed by atoms with E-state index in [4.69, 9.17) is 9.47 Å². The van der Waals surface area contributed by atoms with Gasteiger partial charge in [-0.2, -0.15) is 0 Å². The molecule has 0 aliphatic rings. The SMILES string of the molecule is COc1cccc(CC(C(=O)O)c2cccs2)c1OCCCc1ccccc1. The molecule has 0 saturated heterocycles. The number of carbonyl (C=O) groups is 1. The van der Waals surface area contributed by atoms with Gasteiger partial charge < -0.3 is 14.6 Å². The summed E-state index contributed by atoms with van der Waals surface area (Å²) in [5.74, 6) is -0.160. The Hall–Kier alpha value is -2.79. The monoisotopic (exact) mass is 396 g/mol. The standard InChI is InChI=1S/C23H24O4S/c1-26-20-12-5-11-18(16-19(23(24)25)21-13-7-15-28-21)22(20)27-14-6-10-17-8-3-2-4-9-17/h2-5,7-9,11-13,15,19H,6,10,14,16H2,1H3,(H,24,25). The molecule has 1 heterocycles. The minimum absolute atomic E-state index is 0.362. The van der Waals surface area contributed by atoms with Crippen molar-refractivity contribution in [3.63, 3.8) is 0 Å². The van der Waals surface area contributed by atoms with Gasteiger partial charge >= 0.3 is 5.97 Å². The second-order valence-electron chi connectivity index (χ2n) is 6.50. The number of ether oxygens (including phenoxy) is 2. The van der Waals surface area contributed by atoms with Crippen molar-refractivity contribution in [1.29, 1.82) is 0 Å². The van der Waals surface area contributed by atoms with Crippen LogP contribution in [0.25, 0.3) is 0 Å². The fourth-order valence-electron chi connectivity index (χ4n) is 3.16. The Bertz CT molecular complexity index is 875. The van der Waals surface area contributed by atoms with Crippen LogP contribution in [0, 0.1) is 0 Å². The van der Waals surface area contributed by atoms with Gasteiger partial charge in [0.2, 0.25) is 0 Å². The molecule has 2 aromatic carbocycles. The van der Waals surface area contributed by atoms with E-state index in [0.717, 1.165) is 23.3 Å². The second kappa shape index (κ2) is 9.95. The van der Waals surface area contributed by atoms with Crippen molar-refractivity contribution >= 4 is 17.3 Å². The molecular formula is C23H24O4S. The zero-order valence-corrected chi connectivity index (χ0v) is 16.7. The molecule has 1 atom stereocenters. The summed E-state index contributed by atoms with van der Waals surface area (Å²) in [6.07, 6.45) is 2.16. The topological polar surface area (TPSA) is 55.8 Å². The van der Waals surface area contributed by atoms with Gasteiger partial charge in [-0.05, 0) is 47.9 Å². The van der Waals surface area contributed by atoms with Gasteiger partial charge in [0.05, 0.1) is 19.6 Å². The van der Waals surface area contributed by atoms with Crippen molar-refractivity contribution in [2.24, 2.45) is 0 Å². The van der Waals surface area contributed by atoms with E-state index in [1.807, 2.05) is 53.9 Å². The lowest BCUT2D eigenvalue weighted by Crippen LogP contribution is -2.14. The van der Waals surface area contributed by atoms with Gasteiger partial charge in [-0.1, -0.05) is 48.5 Å². The summed E-state index contributed by atoms with van der Waals surface area (Å²) >= 11 is 1.46. The van der Waals surface area contributed by atoms with Crippen molar-refractivity contribution in [3.05, 3.63) is 82.0 Å². The first kappa shape index (κ1) is 20.0. The molecule has 0 fully saturated rings. The molecule has 0 spiro atoms. The van der Waals surface area contributed by atoms with Gasteiger partial charge in [-0.15, -0.1) is 11.3 Å². The van der Waals surface area contributed by atoms with Crippen LogP contribution in [0.3, 0.4) is 0 Å². The number of aliphatic carboxylic acids is 1. The molecular weight excluding hydrogens is 372 g/mol. The third kappa shape index (κ3) is 5.14. The van der Waals surface area contributed by atoms with Gasteiger partial charge in [0.15, 0.2) is 11.5 Å². The van der Waals surface area contributed by atoms with Gasteiger partial charge in [0.1, 0.15) is 0 Å². The van der Waals surface area contributed by atoms with Crippen LogP contribution in [0.4, 0.5) is 0 Å². The first-order valence-corrected chi connectivity index (χ1v) is 10.2. The molecule has 146 valence electrons. The van der Waals surface area contributed by atoms with Crippen LogP contribution in [-0.2, 0) is 17.6 Å². The largest absolute Gasteiger partial charge is 0.493 e. The number of para-hydroxylation sites is 1. The van der Waals surface area contributed by atoms with Crippen molar-refractivity contribution in [2.45, 2.75) is 25.2 Å². The molecule has 0 saturated carbocycles. The zero-order valence-electron chi connectivity index (χ0n) is 15.8. The fourth-order valence-corrected chi connectivity index (χ4v) is 3.98. The van der Waals surface area contributed by atoms with E-state index in [9.17, 15) is 9.90 Å². The Morgan fingerprint density at radius 1 is 1.07 bits per heavy atom. The van der Waals surface area contributed by atoms with Gasteiger partial charge in [0, 0.05) is 4.88 Å². The van der Waals surface area contributed by atoms with E-state index in [1.165, 1.54) is 16.9 Å². The van der Waals surface area contributed by atoms with Crippen molar-refractivity contribution in [3.8, 4) is 11.5 Å². The zero-order chi connectivity index (χ0) is 19.8. The predicted octanol–water partition coefficient (Wildman–Crippen LogP) is 5.18. The average molecular weight is 397 g/mol. The predicted molar refractivity (Wildman–Crippen MR) is 112 cm³/mol. The van der Waals surface area contributed by atoms with Crippen molar-refractivity contribution in [2.75, 3.05) is 13.7 Å². The quantitative estimate of drug-likeness (QED) is 0.480. The Morgan fingerprint density at radius 2 is 1.89 bits per heavy atom. The van der Waals surface area contributed by atoms with E-state index in [1.54, 1.807) is 7.11 Å². The average Bonchev–Trinajstić information content (AvgIpc) is 3.24. The highest BCUT2D eigenvalue weighted by Crippen LogP contribution is 2.35. The molecule has 0 aliphatic heterocycles. The van der Waals surface area contributed by atoms with E-state index in [-0.39, 0.29) is 0 Å². The van der Waals surface area contributed by atoms with Crippen LogP contribution < -0.4 is 9.47 Å².